The molecule has 8 nitrogen and oxygen atoms in total. The number of aromatic amines is 1. The Balaban J connectivity index is 1.65. The van der Waals surface area contributed by atoms with Crippen LogP contribution < -0.4 is 16.2 Å². The Labute approximate surface area is 173 Å². The van der Waals surface area contributed by atoms with Gasteiger partial charge in [-0.15, -0.1) is 0 Å². The van der Waals surface area contributed by atoms with Gasteiger partial charge in [0.1, 0.15) is 18.6 Å². The molecule has 31 heavy (non-hydrogen) atoms. The van der Waals surface area contributed by atoms with Crippen LogP contribution in [-0.2, 0) is 11.3 Å². The van der Waals surface area contributed by atoms with Gasteiger partial charge in [0, 0.05) is 6.20 Å². The van der Waals surface area contributed by atoms with Gasteiger partial charge in [-0.05, 0) is 30.5 Å². The van der Waals surface area contributed by atoms with Crippen LogP contribution in [0.2, 0.25) is 0 Å². The Morgan fingerprint density at radius 1 is 1.26 bits per heavy atom. The molecule has 3 heterocycles. The molecule has 160 valence electrons. The Morgan fingerprint density at radius 3 is 2.84 bits per heavy atom. The molecule has 0 atom stereocenters. The minimum atomic E-state index is -4.52. The molecule has 0 bridgehead atoms. The number of anilines is 2. The molecule has 0 saturated heterocycles. The van der Waals surface area contributed by atoms with Crippen LogP contribution in [0.3, 0.4) is 0 Å². The maximum absolute atomic E-state index is 13.0. The fourth-order valence-electron chi connectivity index (χ4n) is 3.23. The summed E-state index contributed by atoms with van der Waals surface area (Å²) in [7, 11) is 0. The molecule has 1 aromatic carbocycles. The molecule has 4 rings (SSSR count). The van der Waals surface area contributed by atoms with E-state index in [1.165, 1.54) is 6.20 Å². The predicted octanol–water partition coefficient (Wildman–Crippen LogP) is 3.00. The van der Waals surface area contributed by atoms with Crippen LogP contribution in [0.15, 0.2) is 47.5 Å². The molecular weight excluding hydrogens is 413 g/mol. The highest BCUT2D eigenvalue weighted by atomic mass is 19.4. The van der Waals surface area contributed by atoms with Crippen LogP contribution in [0, 0.1) is 6.92 Å². The number of rotatable bonds is 5. The first kappa shape index (κ1) is 20.4. The lowest BCUT2D eigenvalue weighted by atomic mass is 10.1. The SMILES string of the molecule is Cc1n[nH]c2cc(Nc3cccc4ccn(CC(=O)NCC(F)(F)F)c(=O)c34)cnc12. The van der Waals surface area contributed by atoms with Gasteiger partial charge in [-0.3, -0.25) is 19.7 Å². The van der Waals surface area contributed by atoms with Crippen LogP contribution in [0.25, 0.3) is 21.8 Å². The van der Waals surface area contributed by atoms with Crippen LogP contribution in [0.5, 0.6) is 0 Å². The van der Waals surface area contributed by atoms with E-state index in [0.29, 0.717) is 22.1 Å². The van der Waals surface area contributed by atoms with Gasteiger partial charge in [-0.2, -0.15) is 18.3 Å². The van der Waals surface area contributed by atoms with E-state index in [1.807, 2.05) is 6.92 Å². The van der Waals surface area contributed by atoms with Crippen molar-refractivity contribution in [2.45, 2.75) is 19.6 Å². The average molecular weight is 430 g/mol. The maximum atomic E-state index is 13.0. The summed E-state index contributed by atoms with van der Waals surface area (Å²) in [5, 5.41) is 12.8. The third-order valence-electron chi connectivity index (χ3n) is 4.66. The van der Waals surface area contributed by atoms with E-state index < -0.39 is 30.7 Å². The van der Waals surface area contributed by atoms with Crippen molar-refractivity contribution >= 4 is 39.1 Å². The standard InChI is InChI=1S/C20H17F3N6O2/c1-11-18-15(28-27-11)7-13(8-24-18)26-14-4-2-3-12-5-6-29(19(31)17(12)14)9-16(30)25-10-20(21,22)23/h2-8,26H,9-10H2,1H3,(H,25,30)(H,27,28). The number of nitrogens with zero attached hydrogens (tertiary/aromatic N) is 3. The van der Waals surface area contributed by atoms with Crippen molar-refractivity contribution in [2.24, 2.45) is 0 Å². The van der Waals surface area contributed by atoms with Crippen molar-refractivity contribution in [1.82, 2.24) is 25.1 Å². The fraction of sp³-hybridized carbons (Fsp3) is 0.200. The molecule has 0 radical (unpaired) electrons. The largest absolute Gasteiger partial charge is 0.405 e. The summed E-state index contributed by atoms with van der Waals surface area (Å²) in [6.45, 7) is -0.152. The number of halogens is 3. The molecule has 0 unspecified atom stereocenters. The Bertz CT molecular complexity index is 1340. The number of carbonyl (C=O) groups excluding carboxylic acids is 1. The summed E-state index contributed by atoms with van der Waals surface area (Å²) < 4.78 is 38.0. The van der Waals surface area contributed by atoms with E-state index in [0.717, 1.165) is 21.3 Å². The van der Waals surface area contributed by atoms with Gasteiger partial charge in [0.05, 0.1) is 34.2 Å². The number of carbonyl (C=O) groups is 1. The number of nitrogens with one attached hydrogen (secondary N) is 3. The van der Waals surface area contributed by atoms with Gasteiger partial charge in [-0.25, -0.2) is 0 Å². The van der Waals surface area contributed by atoms with E-state index in [9.17, 15) is 22.8 Å². The monoisotopic (exact) mass is 430 g/mol. The Morgan fingerprint density at radius 2 is 2.06 bits per heavy atom. The molecule has 0 aliphatic heterocycles. The van der Waals surface area contributed by atoms with Crippen molar-refractivity contribution in [3.63, 3.8) is 0 Å². The van der Waals surface area contributed by atoms with Crippen LogP contribution in [0.1, 0.15) is 5.69 Å². The lowest BCUT2D eigenvalue weighted by molar-refractivity contribution is -0.138. The number of hydrogen-bond acceptors (Lipinski definition) is 5. The first-order chi connectivity index (χ1) is 14.7. The van der Waals surface area contributed by atoms with Crippen LogP contribution >= 0.6 is 0 Å². The van der Waals surface area contributed by atoms with Crippen molar-refractivity contribution in [3.8, 4) is 0 Å². The summed E-state index contributed by atoms with van der Waals surface area (Å²) in [5.41, 5.74) is 2.80. The van der Waals surface area contributed by atoms with Gasteiger partial charge in [0.25, 0.3) is 5.56 Å². The van der Waals surface area contributed by atoms with Gasteiger partial charge in [0.2, 0.25) is 5.91 Å². The molecule has 0 aliphatic rings. The second-order valence-electron chi connectivity index (χ2n) is 6.96. The zero-order valence-electron chi connectivity index (χ0n) is 16.2. The second kappa shape index (κ2) is 7.74. The van der Waals surface area contributed by atoms with E-state index in [-0.39, 0.29) is 0 Å². The number of alkyl halides is 3. The van der Waals surface area contributed by atoms with E-state index in [2.05, 4.69) is 20.5 Å². The minimum absolute atomic E-state index is 0.300. The highest BCUT2D eigenvalue weighted by Crippen LogP contribution is 2.25. The smallest absolute Gasteiger partial charge is 0.354 e. The van der Waals surface area contributed by atoms with E-state index in [1.54, 1.807) is 41.8 Å². The van der Waals surface area contributed by atoms with Crippen molar-refractivity contribution in [2.75, 3.05) is 11.9 Å². The number of aromatic nitrogens is 4. The normalized spacial score (nSPS) is 11.7. The number of H-pyrrole nitrogens is 1. The maximum Gasteiger partial charge on any atom is 0.405 e. The quantitative estimate of drug-likeness (QED) is 0.452. The topological polar surface area (TPSA) is 105 Å². The summed E-state index contributed by atoms with van der Waals surface area (Å²) >= 11 is 0. The van der Waals surface area contributed by atoms with Crippen LogP contribution in [0.4, 0.5) is 24.5 Å². The minimum Gasteiger partial charge on any atom is -0.354 e. The molecule has 0 fully saturated rings. The third kappa shape index (κ3) is 4.34. The zero-order chi connectivity index (χ0) is 22.2. The van der Waals surface area contributed by atoms with E-state index >= 15 is 0 Å². The number of amides is 1. The molecule has 0 spiro atoms. The average Bonchev–Trinajstić information content (AvgIpc) is 3.08. The molecule has 0 aliphatic carbocycles. The number of fused-ring (bicyclic) bond motifs is 2. The van der Waals surface area contributed by atoms with Crippen LogP contribution in [-0.4, -0.2) is 38.4 Å². The number of benzene rings is 1. The summed E-state index contributed by atoms with van der Waals surface area (Å²) in [6.07, 6.45) is -1.54. The lowest BCUT2D eigenvalue weighted by Gasteiger charge is -2.13. The molecule has 3 aromatic heterocycles. The first-order valence-corrected chi connectivity index (χ1v) is 9.24. The van der Waals surface area contributed by atoms with E-state index in [4.69, 9.17) is 0 Å². The van der Waals surface area contributed by atoms with Crippen molar-refractivity contribution in [1.29, 1.82) is 0 Å². The van der Waals surface area contributed by atoms with Crippen molar-refractivity contribution in [3.05, 3.63) is 58.8 Å². The first-order valence-electron chi connectivity index (χ1n) is 9.24. The summed E-state index contributed by atoms with van der Waals surface area (Å²) in [4.78, 5) is 29.2. The summed E-state index contributed by atoms with van der Waals surface area (Å²) in [6, 6.07) is 8.61. The highest BCUT2D eigenvalue weighted by molar-refractivity contribution is 5.95. The Hall–Kier alpha value is -3.89. The molecule has 4 aromatic rings. The summed E-state index contributed by atoms with van der Waals surface area (Å²) in [5.74, 6) is -0.909. The molecule has 1 amide bonds. The highest BCUT2D eigenvalue weighted by Gasteiger charge is 2.27. The second-order valence-corrected chi connectivity index (χ2v) is 6.96. The van der Waals surface area contributed by atoms with Gasteiger partial charge in [0.15, 0.2) is 0 Å². The number of aryl methyl sites for hydroxylation is 1. The Kier molecular flexibility index (Phi) is 5.09. The number of pyridine rings is 2. The predicted molar refractivity (Wildman–Crippen MR) is 109 cm³/mol. The lowest BCUT2D eigenvalue weighted by Crippen LogP contribution is -2.37. The van der Waals surface area contributed by atoms with Crippen molar-refractivity contribution < 1.29 is 18.0 Å². The molecule has 11 heteroatoms. The third-order valence-corrected chi connectivity index (χ3v) is 4.66. The molecular formula is C20H17F3N6O2. The van der Waals surface area contributed by atoms with Gasteiger partial charge < -0.3 is 15.2 Å². The fourth-order valence-corrected chi connectivity index (χ4v) is 3.23. The number of hydrogen-bond donors (Lipinski definition) is 3. The molecule has 3 N–H and O–H groups in total. The zero-order valence-corrected chi connectivity index (χ0v) is 16.2. The van der Waals surface area contributed by atoms with Gasteiger partial charge in [-0.1, -0.05) is 12.1 Å². The molecule has 0 saturated carbocycles. The van der Waals surface area contributed by atoms with Gasteiger partial charge >= 0.3 is 6.18 Å².